The van der Waals surface area contributed by atoms with Gasteiger partial charge >= 0.3 is 5.69 Å². The maximum atomic E-state index is 11.7. The van der Waals surface area contributed by atoms with Crippen LogP contribution in [0, 0.1) is 0 Å². The Morgan fingerprint density at radius 1 is 1.33 bits per heavy atom. The van der Waals surface area contributed by atoms with E-state index in [0.717, 1.165) is 10.4 Å². The molecule has 0 aliphatic carbocycles. The minimum atomic E-state index is -0.453. The van der Waals surface area contributed by atoms with Crippen molar-refractivity contribution < 1.29 is 14.3 Å². The third-order valence-electron chi connectivity index (χ3n) is 2.70. The fraction of sp³-hybridized carbons (Fsp3) is 0.308. The molecule has 0 unspecified atom stereocenters. The molecule has 0 atom stereocenters. The molecule has 2 aromatic rings. The Morgan fingerprint density at radius 3 is 2.57 bits per heavy atom. The zero-order valence-electron chi connectivity index (χ0n) is 11.8. The number of aryl methyl sites for hydroxylation is 1. The van der Waals surface area contributed by atoms with Crippen molar-refractivity contribution in [2.24, 2.45) is 7.05 Å². The second-order valence-electron chi connectivity index (χ2n) is 4.18. The van der Waals surface area contributed by atoms with Gasteiger partial charge in [-0.25, -0.2) is 9.48 Å². The molecule has 2 rings (SSSR count). The van der Waals surface area contributed by atoms with Gasteiger partial charge in [0, 0.05) is 7.05 Å². The lowest BCUT2D eigenvalue weighted by Crippen LogP contribution is -2.29. The molecular formula is C13H16N4O4. The lowest BCUT2D eigenvalue weighted by atomic mass is 10.3. The summed E-state index contributed by atoms with van der Waals surface area (Å²) in [6.45, 7) is 0.596. The van der Waals surface area contributed by atoms with E-state index >= 15 is 0 Å². The maximum absolute atomic E-state index is 11.7. The normalized spacial score (nSPS) is 10.2. The van der Waals surface area contributed by atoms with Gasteiger partial charge in [-0.3, -0.25) is 9.78 Å². The molecule has 0 saturated heterocycles. The number of amides is 1. The minimum absolute atomic E-state index is 0.0213. The van der Waals surface area contributed by atoms with E-state index < -0.39 is 11.6 Å². The summed E-state index contributed by atoms with van der Waals surface area (Å²) in [5, 5.41) is 6.35. The monoisotopic (exact) mass is 292 g/mol. The van der Waals surface area contributed by atoms with Crippen LogP contribution in [-0.4, -0.2) is 40.9 Å². The summed E-state index contributed by atoms with van der Waals surface area (Å²) in [5.74, 6) is 0.948. The van der Waals surface area contributed by atoms with Gasteiger partial charge in [0.15, 0.2) is 0 Å². The number of carbonyl (C=O) groups excluding carboxylic acids is 1. The molecule has 0 aliphatic heterocycles. The van der Waals surface area contributed by atoms with Crippen molar-refractivity contribution in [3.05, 3.63) is 40.6 Å². The highest BCUT2D eigenvalue weighted by atomic mass is 16.5. The van der Waals surface area contributed by atoms with Crippen LogP contribution in [0.25, 0.3) is 0 Å². The van der Waals surface area contributed by atoms with Crippen molar-refractivity contribution in [2.75, 3.05) is 20.3 Å². The molecule has 21 heavy (non-hydrogen) atoms. The van der Waals surface area contributed by atoms with E-state index in [9.17, 15) is 9.59 Å². The van der Waals surface area contributed by atoms with Gasteiger partial charge in [-0.05, 0) is 24.3 Å². The van der Waals surface area contributed by atoms with Gasteiger partial charge in [0.05, 0.1) is 13.7 Å². The van der Waals surface area contributed by atoms with Crippen molar-refractivity contribution in [1.82, 2.24) is 20.1 Å². The van der Waals surface area contributed by atoms with Gasteiger partial charge in [-0.1, -0.05) is 0 Å². The van der Waals surface area contributed by atoms with E-state index in [2.05, 4.69) is 15.4 Å². The zero-order valence-corrected chi connectivity index (χ0v) is 11.8. The van der Waals surface area contributed by atoms with Crippen LogP contribution >= 0.6 is 0 Å². The number of nitrogens with one attached hydrogen (secondary N) is 2. The number of nitrogens with zero attached hydrogens (tertiary/aromatic N) is 2. The summed E-state index contributed by atoms with van der Waals surface area (Å²) in [5.41, 5.74) is -0.436. The Kier molecular flexibility index (Phi) is 4.60. The molecule has 112 valence electrons. The smallest absolute Gasteiger partial charge is 0.343 e. The Bertz CT molecular complexity index is 660. The number of rotatable bonds is 6. The number of methoxy groups -OCH3 is 1. The highest BCUT2D eigenvalue weighted by molar-refractivity contribution is 5.90. The van der Waals surface area contributed by atoms with Gasteiger partial charge in [0.1, 0.15) is 18.1 Å². The molecule has 1 amide bonds. The Hall–Kier alpha value is -2.77. The highest BCUT2D eigenvalue weighted by Crippen LogP contribution is 2.16. The van der Waals surface area contributed by atoms with Crippen molar-refractivity contribution in [3.8, 4) is 11.5 Å². The van der Waals surface area contributed by atoms with Gasteiger partial charge in [0.25, 0.3) is 5.91 Å². The number of benzene rings is 1. The second-order valence-corrected chi connectivity index (χ2v) is 4.18. The number of hydrogen-bond acceptors (Lipinski definition) is 5. The minimum Gasteiger partial charge on any atom is -0.497 e. The molecule has 8 heteroatoms. The third kappa shape index (κ3) is 3.85. The van der Waals surface area contributed by atoms with E-state index in [1.54, 1.807) is 31.4 Å². The van der Waals surface area contributed by atoms with Crippen LogP contribution < -0.4 is 20.5 Å². The van der Waals surface area contributed by atoms with E-state index in [4.69, 9.17) is 9.47 Å². The van der Waals surface area contributed by atoms with E-state index in [-0.39, 0.29) is 5.82 Å². The van der Waals surface area contributed by atoms with Crippen molar-refractivity contribution in [3.63, 3.8) is 0 Å². The zero-order chi connectivity index (χ0) is 15.2. The van der Waals surface area contributed by atoms with E-state index in [0.29, 0.717) is 18.9 Å². The largest absolute Gasteiger partial charge is 0.497 e. The lowest BCUT2D eigenvalue weighted by Gasteiger charge is -2.07. The number of hydrogen-bond donors (Lipinski definition) is 2. The van der Waals surface area contributed by atoms with Crippen LogP contribution in [0.3, 0.4) is 0 Å². The molecule has 0 aliphatic rings. The average molecular weight is 292 g/mol. The van der Waals surface area contributed by atoms with Crippen LogP contribution in [0.1, 0.15) is 10.6 Å². The number of ether oxygens (including phenoxy) is 2. The fourth-order valence-electron chi connectivity index (χ4n) is 1.59. The predicted octanol–water partition coefficient (Wildman–Crippen LogP) is -0.0742. The lowest BCUT2D eigenvalue weighted by molar-refractivity contribution is 0.0936. The summed E-state index contributed by atoms with van der Waals surface area (Å²) in [6, 6.07) is 7.12. The SMILES string of the molecule is COc1ccc(OCCNC(=O)c2nn(C)c(=O)[nH]2)cc1. The molecule has 2 N–H and O–H groups in total. The van der Waals surface area contributed by atoms with Crippen molar-refractivity contribution in [2.45, 2.75) is 0 Å². The number of carbonyl (C=O) groups is 1. The molecular weight excluding hydrogens is 276 g/mol. The second kappa shape index (κ2) is 6.60. The van der Waals surface area contributed by atoms with Gasteiger partial charge in [-0.15, -0.1) is 5.10 Å². The predicted molar refractivity (Wildman–Crippen MR) is 74.7 cm³/mol. The number of aromatic amines is 1. The van der Waals surface area contributed by atoms with Gasteiger partial charge in [-0.2, -0.15) is 0 Å². The molecule has 8 nitrogen and oxygen atoms in total. The first-order chi connectivity index (χ1) is 10.1. The quantitative estimate of drug-likeness (QED) is 0.726. The molecule has 0 bridgehead atoms. The number of H-pyrrole nitrogens is 1. The van der Waals surface area contributed by atoms with Crippen LogP contribution in [-0.2, 0) is 7.05 Å². The van der Waals surface area contributed by atoms with Crippen LogP contribution in [0.2, 0.25) is 0 Å². The first-order valence-corrected chi connectivity index (χ1v) is 6.28. The maximum Gasteiger partial charge on any atom is 0.343 e. The Labute approximate surface area is 120 Å². The Balaban J connectivity index is 1.76. The standard InChI is InChI=1S/C13H16N4O4/c1-17-13(19)15-11(16-17)12(18)14-7-8-21-10-5-3-9(20-2)4-6-10/h3-6H,7-8H2,1-2H3,(H,14,18)(H,15,16,19). The van der Waals surface area contributed by atoms with Crippen LogP contribution in [0.5, 0.6) is 11.5 Å². The summed E-state index contributed by atoms with van der Waals surface area (Å²) in [4.78, 5) is 25.2. The van der Waals surface area contributed by atoms with Crippen LogP contribution in [0.4, 0.5) is 0 Å². The first kappa shape index (κ1) is 14.6. The molecule has 1 aromatic carbocycles. The molecule has 0 fully saturated rings. The van der Waals surface area contributed by atoms with Crippen molar-refractivity contribution >= 4 is 5.91 Å². The molecule has 0 saturated carbocycles. The van der Waals surface area contributed by atoms with Gasteiger partial charge < -0.3 is 14.8 Å². The van der Waals surface area contributed by atoms with Gasteiger partial charge in [0.2, 0.25) is 5.82 Å². The summed E-state index contributed by atoms with van der Waals surface area (Å²) in [7, 11) is 3.05. The summed E-state index contributed by atoms with van der Waals surface area (Å²) >= 11 is 0. The Morgan fingerprint density at radius 2 is 2.00 bits per heavy atom. The molecule has 1 aromatic heterocycles. The topological polar surface area (TPSA) is 98.2 Å². The molecule has 0 spiro atoms. The molecule has 0 radical (unpaired) electrons. The van der Waals surface area contributed by atoms with E-state index in [1.165, 1.54) is 7.05 Å². The molecule has 1 heterocycles. The fourth-order valence-corrected chi connectivity index (χ4v) is 1.59. The summed E-state index contributed by atoms with van der Waals surface area (Å²) in [6.07, 6.45) is 0. The van der Waals surface area contributed by atoms with Crippen LogP contribution in [0.15, 0.2) is 29.1 Å². The van der Waals surface area contributed by atoms with Crippen molar-refractivity contribution in [1.29, 1.82) is 0 Å². The van der Waals surface area contributed by atoms with E-state index in [1.807, 2.05) is 0 Å². The average Bonchev–Trinajstić information content (AvgIpc) is 2.84. The first-order valence-electron chi connectivity index (χ1n) is 6.28. The third-order valence-corrected chi connectivity index (χ3v) is 2.70. The summed E-state index contributed by atoms with van der Waals surface area (Å²) < 4.78 is 11.5. The highest BCUT2D eigenvalue weighted by Gasteiger charge is 2.10. The number of aromatic nitrogens is 3.